The molecular weight excluding hydrogens is 454 g/mol. The highest BCUT2D eigenvalue weighted by Gasteiger charge is 2.15. The molecule has 0 aliphatic carbocycles. The average Bonchev–Trinajstić information content (AvgIpc) is 2.72. The molecule has 0 unspecified atom stereocenters. The summed E-state index contributed by atoms with van der Waals surface area (Å²) in [4.78, 5) is 24.2. The highest BCUT2D eigenvalue weighted by Crippen LogP contribution is 2.21. The fourth-order valence-corrected chi connectivity index (χ4v) is 3.29. The van der Waals surface area contributed by atoms with Gasteiger partial charge in [-0.15, -0.1) is 0 Å². The van der Waals surface area contributed by atoms with Crippen LogP contribution in [0.15, 0.2) is 41.2 Å². The van der Waals surface area contributed by atoms with Crippen LogP contribution in [0, 0.1) is 23.0 Å². The van der Waals surface area contributed by atoms with Crippen molar-refractivity contribution in [3.05, 3.63) is 74.8 Å². The van der Waals surface area contributed by atoms with Crippen LogP contribution in [0.1, 0.15) is 18.3 Å². The van der Waals surface area contributed by atoms with Crippen LogP contribution in [-0.2, 0) is 6.42 Å². The van der Waals surface area contributed by atoms with Gasteiger partial charge in [0.15, 0.2) is 0 Å². The van der Waals surface area contributed by atoms with Crippen LogP contribution in [-0.4, -0.2) is 19.5 Å². The van der Waals surface area contributed by atoms with Crippen molar-refractivity contribution in [2.75, 3.05) is 17.2 Å². The van der Waals surface area contributed by atoms with Crippen molar-refractivity contribution < 1.29 is 8.78 Å². The molecule has 9 nitrogen and oxygen atoms in total. The molecule has 0 fully saturated rings. The molecule has 0 aliphatic heterocycles. The van der Waals surface area contributed by atoms with Crippen LogP contribution in [0.25, 0.3) is 16.6 Å². The number of fused-ring (bicyclic) bond motifs is 1. The van der Waals surface area contributed by atoms with Crippen molar-refractivity contribution in [2.24, 2.45) is 0 Å². The number of aryl methyl sites for hydroxylation is 1. The summed E-state index contributed by atoms with van der Waals surface area (Å²) in [6.45, 7) is 1.81. The van der Waals surface area contributed by atoms with Crippen molar-refractivity contribution in [1.82, 2.24) is 19.5 Å². The minimum atomic E-state index is -0.761. The third-order valence-corrected chi connectivity index (χ3v) is 4.75. The maximum absolute atomic E-state index is 13.5. The number of nitrogen functional groups attached to an aromatic ring is 3. The van der Waals surface area contributed by atoms with E-state index in [9.17, 15) is 13.6 Å². The Kier molecular flexibility index (Phi) is 6.69. The predicted octanol–water partition coefficient (Wildman–Crippen LogP) is 2.97. The lowest BCUT2D eigenvalue weighted by Crippen LogP contribution is -2.24. The van der Waals surface area contributed by atoms with Gasteiger partial charge in [-0.05, 0) is 24.3 Å². The zero-order valence-electron chi connectivity index (χ0n) is 17.2. The summed E-state index contributed by atoms with van der Waals surface area (Å²) in [5.74, 6) is -1.12. The molecule has 4 aromatic rings. The topological polar surface area (TPSA) is 163 Å². The standard InChI is InChI=1S/C16H11ClF2N2O.C5H6N6/c1-2-14-20-13-5-3-4-12(17)15(13)16(22)21(14)11-7-9(18)6-10(19)8-11;6-1-2-3(7)10-5(9)11-4(2)8/h3-8H,2H2,1H3;(H6,7,8,9,10,11). The highest BCUT2D eigenvalue weighted by molar-refractivity contribution is 6.35. The Morgan fingerprint density at radius 1 is 1.06 bits per heavy atom. The van der Waals surface area contributed by atoms with Crippen LogP contribution >= 0.6 is 11.6 Å². The number of halogens is 3. The van der Waals surface area contributed by atoms with E-state index in [0.717, 1.165) is 18.2 Å². The van der Waals surface area contributed by atoms with Gasteiger partial charge in [0.2, 0.25) is 5.95 Å². The lowest BCUT2D eigenvalue weighted by Gasteiger charge is -2.13. The summed E-state index contributed by atoms with van der Waals surface area (Å²) in [7, 11) is 0. The molecule has 33 heavy (non-hydrogen) atoms. The van der Waals surface area contributed by atoms with E-state index in [2.05, 4.69) is 15.0 Å². The molecule has 0 saturated heterocycles. The first-order chi connectivity index (χ1) is 15.7. The van der Waals surface area contributed by atoms with Crippen LogP contribution in [0.5, 0.6) is 0 Å². The molecule has 0 amide bonds. The summed E-state index contributed by atoms with van der Waals surface area (Å²) in [6.07, 6.45) is 0.426. The van der Waals surface area contributed by atoms with E-state index in [-0.39, 0.29) is 39.2 Å². The van der Waals surface area contributed by atoms with Crippen LogP contribution < -0.4 is 22.8 Å². The minimum absolute atomic E-state index is 0.0116. The number of nitrogens with zero attached hydrogens (tertiary/aromatic N) is 5. The lowest BCUT2D eigenvalue weighted by atomic mass is 10.2. The van der Waals surface area contributed by atoms with Crippen molar-refractivity contribution in [2.45, 2.75) is 13.3 Å². The summed E-state index contributed by atoms with van der Waals surface area (Å²) >= 11 is 6.08. The second kappa shape index (κ2) is 9.46. The Balaban J connectivity index is 0.000000235. The number of nitrogens with two attached hydrogens (primary N) is 3. The number of hydrogen-bond acceptors (Lipinski definition) is 8. The third-order valence-electron chi connectivity index (χ3n) is 4.43. The zero-order valence-corrected chi connectivity index (χ0v) is 17.9. The third kappa shape index (κ3) is 4.81. The second-order valence-electron chi connectivity index (χ2n) is 6.62. The lowest BCUT2D eigenvalue weighted by molar-refractivity contribution is 0.580. The predicted molar refractivity (Wildman–Crippen MR) is 122 cm³/mol. The first kappa shape index (κ1) is 23.4. The van der Waals surface area contributed by atoms with E-state index in [4.69, 9.17) is 34.1 Å². The number of rotatable bonds is 2. The maximum atomic E-state index is 13.5. The number of aromatic nitrogens is 4. The minimum Gasteiger partial charge on any atom is -0.382 e. The molecule has 4 rings (SSSR count). The summed E-state index contributed by atoms with van der Waals surface area (Å²) < 4.78 is 28.1. The van der Waals surface area contributed by atoms with Gasteiger partial charge in [-0.25, -0.2) is 13.8 Å². The van der Waals surface area contributed by atoms with Gasteiger partial charge in [-0.2, -0.15) is 15.2 Å². The smallest absolute Gasteiger partial charge is 0.267 e. The largest absolute Gasteiger partial charge is 0.382 e. The van der Waals surface area contributed by atoms with E-state index in [1.54, 1.807) is 24.3 Å². The fraction of sp³-hybridized carbons (Fsp3) is 0.0952. The van der Waals surface area contributed by atoms with Gasteiger partial charge >= 0.3 is 0 Å². The number of nitriles is 1. The van der Waals surface area contributed by atoms with Crippen LogP contribution in [0.4, 0.5) is 26.4 Å². The second-order valence-corrected chi connectivity index (χ2v) is 7.03. The van der Waals surface area contributed by atoms with E-state index < -0.39 is 17.2 Å². The quantitative estimate of drug-likeness (QED) is 0.402. The highest BCUT2D eigenvalue weighted by atomic mass is 35.5. The number of anilines is 3. The Morgan fingerprint density at radius 3 is 2.21 bits per heavy atom. The monoisotopic (exact) mass is 470 g/mol. The van der Waals surface area contributed by atoms with E-state index in [1.807, 2.05) is 6.92 Å². The van der Waals surface area contributed by atoms with Crippen molar-refractivity contribution in [3.63, 3.8) is 0 Å². The van der Waals surface area contributed by atoms with Gasteiger partial charge in [0.05, 0.1) is 21.6 Å². The van der Waals surface area contributed by atoms with Gasteiger partial charge < -0.3 is 17.2 Å². The SMILES string of the molecule is CCc1nc2cccc(Cl)c2c(=O)n1-c1cc(F)cc(F)c1.N#Cc1c(N)nc(N)nc1N. The molecule has 168 valence electrons. The van der Waals surface area contributed by atoms with Gasteiger partial charge in [0, 0.05) is 12.5 Å². The molecule has 0 saturated carbocycles. The molecule has 0 spiro atoms. The van der Waals surface area contributed by atoms with Crippen molar-refractivity contribution >= 4 is 40.1 Å². The van der Waals surface area contributed by atoms with Gasteiger partial charge in [-0.3, -0.25) is 9.36 Å². The van der Waals surface area contributed by atoms with E-state index in [1.165, 1.54) is 4.57 Å². The molecule has 2 aromatic carbocycles. The van der Waals surface area contributed by atoms with Crippen LogP contribution in [0.3, 0.4) is 0 Å². The molecule has 2 heterocycles. The Morgan fingerprint density at radius 2 is 1.67 bits per heavy atom. The van der Waals surface area contributed by atoms with Gasteiger partial charge in [-0.1, -0.05) is 24.6 Å². The molecule has 12 heteroatoms. The fourth-order valence-electron chi connectivity index (χ4n) is 3.04. The normalized spacial score (nSPS) is 10.4. The molecule has 0 bridgehead atoms. The Hall–Kier alpha value is -4.30. The van der Waals surface area contributed by atoms with Gasteiger partial charge in [0.1, 0.15) is 40.7 Å². The van der Waals surface area contributed by atoms with Gasteiger partial charge in [0.25, 0.3) is 5.56 Å². The molecule has 0 aliphatic rings. The molecule has 6 N–H and O–H groups in total. The Labute approximate surface area is 191 Å². The van der Waals surface area contributed by atoms with Crippen LogP contribution in [0.2, 0.25) is 5.02 Å². The molecular formula is C21H17ClF2N8O. The molecule has 2 aromatic heterocycles. The first-order valence-electron chi connectivity index (χ1n) is 9.41. The molecule has 0 radical (unpaired) electrons. The van der Waals surface area contributed by atoms with Crippen molar-refractivity contribution in [1.29, 1.82) is 5.26 Å². The Bertz CT molecular complexity index is 1420. The summed E-state index contributed by atoms with van der Waals surface area (Å²) in [5.41, 5.74) is 16.0. The van der Waals surface area contributed by atoms with Crippen molar-refractivity contribution in [3.8, 4) is 11.8 Å². The average molecular weight is 471 g/mol. The molecule has 0 atom stereocenters. The summed E-state index contributed by atoms with van der Waals surface area (Å²) in [6, 6.07) is 9.65. The van der Waals surface area contributed by atoms with E-state index in [0.29, 0.717) is 17.8 Å². The number of hydrogen-bond donors (Lipinski definition) is 3. The number of benzene rings is 2. The first-order valence-corrected chi connectivity index (χ1v) is 9.79. The zero-order chi connectivity index (χ0) is 24.3. The maximum Gasteiger partial charge on any atom is 0.267 e. The summed E-state index contributed by atoms with van der Waals surface area (Å²) in [5, 5.41) is 8.94. The van der Waals surface area contributed by atoms with E-state index >= 15 is 0 Å².